The van der Waals surface area contributed by atoms with Gasteiger partial charge in [-0.15, -0.1) is 0 Å². The zero-order valence-electron chi connectivity index (χ0n) is 10.7. The van der Waals surface area contributed by atoms with Gasteiger partial charge < -0.3 is 14.5 Å². The number of furan rings is 1. The Hall–Kier alpha value is -0.840. The van der Waals surface area contributed by atoms with Gasteiger partial charge in [-0.05, 0) is 32.0 Å². The van der Waals surface area contributed by atoms with Crippen molar-refractivity contribution in [3.63, 3.8) is 0 Å². The zero-order valence-corrected chi connectivity index (χ0v) is 10.7. The molecule has 1 aliphatic heterocycles. The molecule has 1 atom stereocenters. The average molecular weight is 238 g/mol. The van der Waals surface area contributed by atoms with Crippen molar-refractivity contribution in [1.82, 2.24) is 10.2 Å². The smallest absolute Gasteiger partial charge is 0.122 e. The Kier molecular flexibility index (Phi) is 4.59. The van der Waals surface area contributed by atoms with Crippen molar-refractivity contribution in [1.29, 1.82) is 0 Å². The van der Waals surface area contributed by atoms with E-state index in [1.165, 1.54) is 12.0 Å². The van der Waals surface area contributed by atoms with E-state index in [2.05, 4.69) is 16.3 Å². The molecule has 1 saturated heterocycles. The number of likely N-dealkylation sites (tertiary alicyclic amines) is 1. The fourth-order valence-electron chi connectivity index (χ4n) is 2.49. The van der Waals surface area contributed by atoms with Gasteiger partial charge in [-0.2, -0.15) is 0 Å². The van der Waals surface area contributed by atoms with Gasteiger partial charge >= 0.3 is 0 Å². The van der Waals surface area contributed by atoms with Crippen molar-refractivity contribution >= 4 is 0 Å². The van der Waals surface area contributed by atoms with Crippen LogP contribution in [-0.4, -0.2) is 38.8 Å². The SMILES string of the molecule is CNCc1ccoc1CN1CCC(COC)C1. The lowest BCUT2D eigenvalue weighted by Gasteiger charge is -2.15. The number of hydrogen-bond acceptors (Lipinski definition) is 4. The molecule has 1 unspecified atom stereocenters. The summed E-state index contributed by atoms with van der Waals surface area (Å²) >= 11 is 0. The molecule has 1 aromatic heterocycles. The molecule has 96 valence electrons. The summed E-state index contributed by atoms with van der Waals surface area (Å²) in [5.41, 5.74) is 1.27. The van der Waals surface area contributed by atoms with Crippen molar-refractivity contribution in [2.45, 2.75) is 19.5 Å². The van der Waals surface area contributed by atoms with Crippen molar-refractivity contribution in [3.8, 4) is 0 Å². The van der Waals surface area contributed by atoms with Gasteiger partial charge in [0.2, 0.25) is 0 Å². The van der Waals surface area contributed by atoms with E-state index in [0.29, 0.717) is 5.92 Å². The van der Waals surface area contributed by atoms with E-state index in [0.717, 1.165) is 38.5 Å². The summed E-state index contributed by atoms with van der Waals surface area (Å²) in [6.07, 6.45) is 3.01. The number of rotatable bonds is 6. The molecule has 0 aromatic carbocycles. The van der Waals surface area contributed by atoms with E-state index in [1.807, 2.05) is 7.05 Å². The van der Waals surface area contributed by atoms with Gasteiger partial charge in [0.25, 0.3) is 0 Å². The van der Waals surface area contributed by atoms with Crippen LogP contribution >= 0.6 is 0 Å². The zero-order chi connectivity index (χ0) is 12.1. The van der Waals surface area contributed by atoms with Crippen LogP contribution < -0.4 is 5.32 Å². The lowest BCUT2D eigenvalue weighted by atomic mass is 10.1. The van der Waals surface area contributed by atoms with E-state index in [9.17, 15) is 0 Å². The predicted molar refractivity (Wildman–Crippen MR) is 66.7 cm³/mol. The minimum Gasteiger partial charge on any atom is -0.468 e. The molecule has 4 nitrogen and oxygen atoms in total. The highest BCUT2D eigenvalue weighted by molar-refractivity contribution is 5.16. The van der Waals surface area contributed by atoms with Gasteiger partial charge in [0, 0.05) is 25.8 Å². The average Bonchev–Trinajstić information content (AvgIpc) is 2.91. The molecule has 1 aliphatic rings. The molecule has 1 fully saturated rings. The first-order valence-electron chi connectivity index (χ1n) is 6.24. The van der Waals surface area contributed by atoms with Gasteiger partial charge in [0.05, 0.1) is 19.4 Å². The Labute approximate surface area is 103 Å². The number of nitrogens with zero attached hydrogens (tertiary/aromatic N) is 1. The largest absolute Gasteiger partial charge is 0.468 e. The Morgan fingerprint density at radius 3 is 3.24 bits per heavy atom. The maximum Gasteiger partial charge on any atom is 0.122 e. The van der Waals surface area contributed by atoms with Crippen LogP contribution in [0.15, 0.2) is 16.7 Å². The van der Waals surface area contributed by atoms with Crippen molar-refractivity contribution in [2.24, 2.45) is 5.92 Å². The summed E-state index contributed by atoms with van der Waals surface area (Å²) in [6, 6.07) is 2.05. The van der Waals surface area contributed by atoms with Crippen molar-refractivity contribution in [2.75, 3.05) is 33.9 Å². The highest BCUT2D eigenvalue weighted by Gasteiger charge is 2.23. The molecule has 1 N–H and O–H groups in total. The maximum atomic E-state index is 5.56. The first-order chi connectivity index (χ1) is 8.33. The molecule has 17 heavy (non-hydrogen) atoms. The molecular formula is C13H22N2O2. The molecule has 2 rings (SSSR count). The molecule has 0 saturated carbocycles. The van der Waals surface area contributed by atoms with Crippen LogP contribution in [0.1, 0.15) is 17.7 Å². The van der Waals surface area contributed by atoms with E-state index >= 15 is 0 Å². The topological polar surface area (TPSA) is 37.6 Å². The maximum absolute atomic E-state index is 5.56. The minimum atomic E-state index is 0.683. The van der Waals surface area contributed by atoms with E-state index < -0.39 is 0 Å². The molecule has 2 heterocycles. The van der Waals surface area contributed by atoms with Crippen LogP contribution in [0.4, 0.5) is 0 Å². The molecule has 0 bridgehead atoms. The second-order valence-electron chi connectivity index (χ2n) is 4.74. The first-order valence-corrected chi connectivity index (χ1v) is 6.24. The van der Waals surface area contributed by atoms with Gasteiger partial charge in [-0.25, -0.2) is 0 Å². The highest BCUT2D eigenvalue weighted by Crippen LogP contribution is 2.20. The molecule has 0 aliphatic carbocycles. The molecule has 1 aromatic rings. The van der Waals surface area contributed by atoms with Crippen molar-refractivity contribution < 1.29 is 9.15 Å². The Balaban J connectivity index is 1.86. The molecule has 0 amide bonds. The van der Waals surface area contributed by atoms with Crippen molar-refractivity contribution in [3.05, 3.63) is 23.7 Å². The van der Waals surface area contributed by atoms with Gasteiger partial charge in [-0.1, -0.05) is 0 Å². The third-order valence-corrected chi connectivity index (χ3v) is 3.34. The lowest BCUT2D eigenvalue weighted by molar-refractivity contribution is 0.151. The number of nitrogens with one attached hydrogen (secondary N) is 1. The molecule has 4 heteroatoms. The summed E-state index contributed by atoms with van der Waals surface area (Å²) in [5, 5.41) is 3.17. The van der Waals surface area contributed by atoms with E-state index in [4.69, 9.17) is 9.15 Å². The third-order valence-electron chi connectivity index (χ3n) is 3.34. The summed E-state index contributed by atoms with van der Waals surface area (Å²) in [5.74, 6) is 1.78. The number of methoxy groups -OCH3 is 1. The third kappa shape index (κ3) is 3.31. The monoisotopic (exact) mass is 238 g/mol. The summed E-state index contributed by atoms with van der Waals surface area (Å²) in [7, 11) is 3.74. The minimum absolute atomic E-state index is 0.683. The normalized spacial score (nSPS) is 21.2. The lowest BCUT2D eigenvalue weighted by Crippen LogP contribution is -2.22. The van der Waals surface area contributed by atoms with Crippen LogP contribution in [0.3, 0.4) is 0 Å². The van der Waals surface area contributed by atoms with Crippen LogP contribution in [0.25, 0.3) is 0 Å². The summed E-state index contributed by atoms with van der Waals surface area (Å²) in [6.45, 7) is 4.94. The molecule has 0 spiro atoms. The highest BCUT2D eigenvalue weighted by atomic mass is 16.5. The summed E-state index contributed by atoms with van der Waals surface area (Å²) < 4.78 is 10.8. The van der Waals surface area contributed by atoms with Crippen LogP contribution in [0.5, 0.6) is 0 Å². The molecular weight excluding hydrogens is 216 g/mol. The summed E-state index contributed by atoms with van der Waals surface area (Å²) in [4.78, 5) is 2.45. The van der Waals surface area contributed by atoms with Crippen LogP contribution in [0, 0.1) is 5.92 Å². The Morgan fingerprint density at radius 2 is 2.47 bits per heavy atom. The molecule has 0 radical (unpaired) electrons. The van der Waals surface area contributed by atoms with Gasteiger partial charge in [0.1, 0.15) is 5.76 Å². The Bertz CT molecular complexity index is 338. The van der Waals surface area contributed by atoms with E-state index in [-0.39, 0.29) is 0 Å². The first kappa shape index (κ1) is 12.6. The second-order valence-corrected chi connectivity index (χ2v) is 4.74. The van der Waals surface area contributed by atoms with Crippen LogP contribution in [-0.2, 0) is 17.8 Å². The standard InChI is InChI=1S/C13H22N2O2/c1-14-7-12-4-6-17-13(12)9-15-5-3-11(8-15)10-16-2/h4,6,11,14H,3,5,7-10H2,1-2H3. The van der Waals surface area contributed by atoms with Crippen LogP contribution in [0.2, 0.25) is 0 Å². The van der Waals surface area contributed by atoms with E-state index in [1.54, 1.807) is 13.4 Å². The fourth-order valence-corrected chi connectivity index (χ4v) is 2.49. The number of hydrogen-bond donors (Lipinski definition) is 1. The quantitative estimate of drug-likeness (QED) is 0.814. The Morgan fingerprint density at radius 1 is 1.59 bits per heavy atom. The second kappa shape index (κ2) is 6.19. The fraction of sp³-hybridized carbons (Fsp3) is 0.692. The predicted octanol–water partition coefficient (Wildman–Crippen LogP) is 1.47. The number of ether oxygens (including phenoxy) is 1. The van der Waals surface area contributed by atoms with Gasteiger partial charge in [0.15, 0.2) is 0 Å². The van der Waals surface area contributed by atoms with Gasteiger partial charge in [-0.3, -0.25) is 4.90 Å².